The molecular weight excluding hydrogens is 612 g/mol. The Hall–Kier alpha value is -0.130. The van der Waals surface area contributed by atoms with Crippen molar-refractivity contribution in [1.82, 2.24) is 0 Å². The minimum Gasteiger partial charge on any atom is -0.506 e. The molecule has 2 N–H and O–H groups in total. The summed E-state index contributed by atoms with van der Waals surface area (Å²) >= 11 is 13.2. The summed E-state index contributed by atoms with van der Waals surface area (Å²) in [4.78, 5) is 0. The molecule has 0 heterocycles. The van der Waals surface area contributed by atoms with E-state index in [0.29, 0.717) is 17.9 Å². The lowest BCUT2D eigenvalue weighted by Gasteiger charge is -2.28. The molecular formula is C15H12Br4O5S. The number of phenolic OH excluding ortho intramolecular Hbond substituents is 1. The van der Waals surface area contributed by atoms with Gasteiger partial charge in [-0.05, 0) is 99.1 Å². The molecule has 2 aromatic carbocycles. The van der Waals surface area contributed by atoms with E-state index in [9.17, 15) is 13.5 Å². The van der Waals surface area contributed by atoms with Crippen molar-refractivity contribution in [3.63, 3.8) is 0 Å². The molecule has 136 valence electrons. The summed E-state index contributed by atoms with van der Waals surface area (Å²) in [5.41, 5.74) is 1.27. The number of benzene rings is 2. The van der Waals surface area contributed by atoms with Crippen molar-refractivity contribution in [2.45, 2.75) is 19.3 Å². The van der Waals surface area contributed by atoms with Gasteiger partial charge in [-0.2, -0.15) is 8.42 Å². The lowest BCUT2D eigenvalue weighted by Crippen LogP contribution is -2.19. The number of hydrogen-bond acceptors (Lipinski definition) is 4. The van der Waals surface area contributed by atoms with Crippen molar-refractivity contribution in [3.05, 3.63) is 53.3 Å². The molecule has 0 atom stereocenters. The van der Waals surface area contributed by atoms with Crippen LogP contribution in [0.15, 0.2) is 42.2 Å². The van der Waals surface area contributed by atoms with Gasteiger partial charge in [0.2, 0.25) is 0 Å². The first-order chi connectivity index (χ1) is 11.3. The molecule has 0 aliphatic carbocycles. The molecule has 0 radical (unpaired) electrons. The van der Waals surface area contributed by atoms with Crippen LogP contribution < -0.4 is 4.18 Å². The van der Waals surface area contributed by atoms with Gasteiger partial charge in [-0.3, -0.25) is 4.55 Å². The molecule has 0 fully saturated rings. The van der Waals surface area contributed by atoms with Gasteiger partial charge in [-0.25, -0.2) is 0 Å². The third-order valence-electron chi connectivity index (χ3n) is 3.65. The Morgan fingerprint density at radius 2 is 1.24 bits per heavy atom. The quantitative estimate of drug-likeness (QED) is 0.412. The molecule has 0 saturated heterocycles. The highest BCUT2D eigenvalue weighted by Gasteiger charge is 2.27. The molecule has 0 aliphatic rings. The van der Waals surface area contributed by atoms with Crippen molar-refractivity contribution >= 4 is 74.1 Å². The molecule has 0 bridgehead atoms. The summed E-state index contributed by atoms with van der Waals surface area (Å²) in [6.45, 7) is 3.96. The Balaban J connectivity index is 2.57. The average Bonchev–Trinajstić information content (AvgIpc) is 2.46. The van der Waals surface area contributed by atoms with E-state index in [-0.39, 0.29) is 11.5 Å². The predicted octanol–water partition coefficient (Wildman–Crippen LogP) is 5.95. The number of phenols is 1. The smallest absolute Gasteiger partial charge is 0.446 e. The van der Waals surface area contributed by atoms with E-state index in [1.165, 1.54) is 0 Å². The van der Waals surface area contributed by atoms with E-state index in [1.54, 1.807) is 12.1 Å². The Kier molecular flexibility index (Phi) is 6.33. The van der Waals surface area contributed by atoms with E-state index in [1.807, 2.05) is 26.0 Å². The number of rotatable bonds is 4. The SMILES string of the molecule is CC(C)(c1cc(Br)c(O)c(Br)c1)c1cc(Br)c(OS(=O)(=O)O)c(Br)c1. The van der Waals surface area contributed by atoms with Gasteiger partial charge >= 0.3 is 10.4 Å². The maximum atomic E-state index is 11.0. The van der Waals surface area contributed by atoms with Crippen molar-refractivity contribution in [3.8, 4) is 11.5 Å². The highest BCUT2D eigenvalue weighted by molar-refractivity contribution is 9.11. The third kappa shape index (κ3) is 4.78. The number of hydrogen-bond donors (Lipinski definition) is 2. The van der Waals surface area contributed by atoms with Gasteiger partial charge < -0.3 is 9.29 Å². The van der Waals surface area contributed by atoms with Crippen molar-refractivity contribution in [1.29, 1.82) is 0 Å². The second-order valence-electron chi connectivity index (χ2n) is 5.69. The van der Waals surface area contributed by atoms with Crippen LogP contribution in [0.5, 0.6) is 11.5 Å². The van der Waals surface area contributed by atoms with E-state index in [2.05, 4.69) is 67.9 Å². The van der Waals surface area contributed by atoms with E-state index >= 15 is 0 Å². The maximum Gasteiger partial charge on any atom is 0.446 e. The first-order valence-corrected chi connectivity index (χ1v) is 11.2. The van der Waals surface area contributed by atoms with Gasteiger partial charge in [0.1, 0.15) is 5.75 Å². The molecule has 0 unspecified atom stereocenters. The summed E-state index contributed by atoms with van der Waals surface area (Å²) < 4.78 is 37.2. The summed E-state index contributed by atoms with van der Waals surface area (Å²) in [6, 6.07) is 7.04. The minimum absolute atomic E-state index is 0.0462. The van der Waals surface area contributed by atoms with Gasteiger partial charge in [0.15, 0.2) is 5.75 Å². The standard InChI is InChI=1S/C15H12Br4O5S/c1-15(2,7-3-9(16)13(20)10(17)4-7)8-5-11(18)14(12(19)6-8)24-25(21,22)23/h3-6,20H,1-2H3,(H,21,22,23). The number of halogens is 4. The molecule has 0 amide bonds. The Morgan fingerprint density at radius 3 is 1.60 bits per heavy atom. The molecule has 0 spiro atoms. The average molecular weight is 624 g/mol. The third-order valence-corrected chi connectivity index (χ3v) is 6.41. The summed E-state index contributed by atoms with van der Waals surface area (Å²) in [7, 11) is -4.64. The monoisotopic (exact) mass is 620 g/mol. The first-order valence-electron chi connectivity index (χ1n) is 6.68. The Morgan fingerprint density at radius 1 is 0.880 bits per heavy atom. The van der Waals surface area contributed by atoms with Crippen LogP contribution in [0.3, 0.4) is 0 Å². The van der Waals surface area contributed by atoms with E-state index in [4.69, 9.17) is 4.55 Å². The van der Waals surface area contributed by atoms with Crippen LogP contribution >= 0.6 is 63.7 Å². The fourth-order valence-electron chi connectivity index (χ4n) is 2.20. The van der Waals surface area contributed by atoms with Gasteiger partial charge in [0.05, 0.1) is 17.9 Å². The van der Waals surface area contributed by atoms with Crippen molar-refractivity contribution in [2.24, 2.45) is 0 Å². The minimum atomic E-state index is -4.64. The van der Waals surface area contributed by atoms with Crippen LogP contribution in [0.4, 0.5) is 0 Å². The molecule has 2 rings (SSSR count). The van der Waals surface area contributed by atoms with Gasteiger partial charge in [0, 0.05) is 5.41 Å². The Labute approximate surface area is 179 Å². The molecule has 10 heteroatoms. The van der Waals surface area contributed by atoms with E-state index < -0.39 is 15.8 Å². The fraction of sp³-hybridized carbons (Fsp3) is 0.200. The molecule has 25 heavy (non-hydrogen) atoms. The van der Waals surface area contributed by atoms with Crippen LogP contribution in [0.1, 0.15) is 25.0 Å². The topological polar surface area (TPSA) is 83.8 Å². The molecule has 0 aromatic heterocycles. The second-order valence-corrected chi connectivity index (χ2v) is 10.1. The zero-order chi connectivity index (χ0) is 19.2. The van der Waals surface area contributed by atoms with E-state index in [0.717, 1.165) is 11.1 Å². The second kappa shape index (κ2) is 7.47. The lowest BCUT2D eigenvalue weighted by atomic mass is 9.78. The zero-order valence-corrected chi connectivity index (χ0v) is 20.0. The lowest BCUT2D eigenvalue weighted by molar-refractivity contribution is 0.385. The predicted molar refractivity (Wildman–Crippen MR) is 110 cm³/mol. The van der Waals surface area contributed by atoms with Gasteiger partial charge in [0.25, 0.3) is 0 Å². The van der Waals surface area contributed by atoms with Gasteiger partial charge in [-0.15, -0.1) is 0 Å². The number of aromatic hydroxyl groups is 1. The normalized spacial score (nSPS) is 12.3. The van der Waals surface area contributed by atoms with Crippen LogP contribution in [0, 0.1) is 0 Å². The molecule has 0 aliphatic heterocycles. The molecule has 0 saturated carbocycles. The highest BCUT2D eigenvalue weighted by atomic mass is 79.9. The summed E-state index contributed by atoms with van der Waals surface area (Å²) in [5, 5.41) is 9.89. The van der Waals surface area contributed by atoms with Crippen molar-refractivity contribution < 1.29 is 22.3 Å². The summed E-state index contributed by atoms with van der Waals surface area (Å²) in [5.74, 6) is 0.0638. The zero-order valence-electron chi connectivity index (χ0n) is 12.8. The first kappa shape index (κ1) is 21.2. The van der Waals surface area contributed by atoms with Crippen LogP contribution in [-0.4, -0.2) is 18.1 Å². The van der Waals surface area contributed by atoms with Crippen LogP contribution in [0.2, 0.25) is 0 Å². The molecule has 2 aromatic rings. The van der Waals surface area contributed by atoms with Crippen molar-refractivity contribution in [2.75, 3.05) is 0 Å². The van der Waals surface area contributed by atoms with Crippen LogP contribution in [0.25, 0.3) is 0 Å². The highest BCUT2D eigenvalue weighted by Crippen LogP contribution is 2.43. The Bertz CT molecular complexity index is 895. The summed E-state index contributed by atoms with van der Waals surface area (Å²) in [6.07, 6.45) is 0. The van der Waals surface area contributed by atoms with Crippen LogP contribution in [-0.2, 0) is 15.8 Å². The molecule has 5 nitrogen and oxygen atoms in total. The van der Waals surface area contributed by atoms with Gasteiger partial charge in [-0.1, -0.05) is 13.8 Å². The fourth-order valence-corrected chi connectivity index (χ4v) is 5.34. The maximum absolute atomic E-state index is 11.0. The largest absolute Gasteiger partial charge is 0.506 e.